The van der Waals surface area contributed by atoms with Crippen molar-refractivity contribution in [3.8, 4) is 0 Å². The van der Waals surface area contributed by atoms with Gasteiger partial charge in [-0.15, -0.1) is 0 Å². The van der Waals surface area contributed by atoms with E-state index in [1.165, 1.54) is 0 Å². The highest BCUT2D eigenvalue weighted by atomic mass is 79.9. The highest BCUT2D eigenvalue weighted by Gasteiger charge is 2.30. The van der Waals surface area contributed by atoms with Gasteiger partial charge in [0.1, 0.15) is 5.82 Å². The fourth-order valence-electron chi connectivity index (χ4n) is 1.19. The summed E-state index contributed by atoms with van der Waals surface area (Å²) in [4.78, 5) is 26.4. The molecule has 0 bridgehead atoms. The van der Waals surface area contributed by atoms with Gasteiger partial charge in [0.2, 0.25) is 5.91 Å². The van der Waals surface area contributed by atoms with Crippen molar-refractivity contribution < 1.29 is 14.7 Å². The van der Waals surface area contributed by atoms with Gasteiger partial charge in [0.25, 0.3) is 0 Å². The number of carboxylic acid groups (broad SMARTS) is 1. The van der Waals surface area contributed by atoms with E-state index in [1.807, 2.05) is 0 Å². The van der Waals surface area contributed by atoms with E-state index in [0.717, 1.165) is 4.47 Å². The number of halogens is 1. The molecule has 0 aliphatic carbocycles. The first kappa shape index (κ1) is 13.6. The first-order valence-electron chi connectivity index (χ1n) is 4.96. The van der Waals surface area contributed by atoms with Gasteiger partial charge in [-0.3, -0.25) is 9.59 Å². The summed E-state index contributed by atoms with van der Waals surface area (Å²) < 4.78 is 0.806. The number of hydrogen-bond acceptors (Lipinski definition) is 3. The number of aliphatic carboxylic acids is 1. The van der Waals surface area contributed by atoms with Crippen LogP contribution in [-0.4, -0.2) is 22.0 Å². The van der Waals surface area contributed by atoms with Gasteiger partial charge in [-0.05, 0) is 28.1 Å². The standard InChI is InChI=1S/C11H13BrN2O3/c1-11(2,5-9(15)16)10(17)14-8-4-3-7(12)6-13-8/h3-4,6H,5H2,1-2H3,(H,15,16)(H,13,14,17). The highest BCUT2D eigenvalue weighted by Crippen LogP contribution is 2.22. The van der Waals surface area contributed by atoms with Crippen molar-refractivity contribution in [3.05, 3.63) is 22.8 Å². The van der Waals surface area contributed by atoms with Crippen LogP contribution in [0.4, 0.5) is 5.82 Å². The predicted molar refractivity (Wildman–Crippen MR) is 66.6 cm³/mol. The molecule has 0 unspecified atom stereocenters. The van der Waals surface area contributed by atoms with Gasteiger partial charge in [-0.1, -0.05) is 13.8 Å². The number of amides is 1. The van der Waals surface area contributed by atoms with Gasteiger partial charge in [0.05, 0.1) is 11.8 Å². The van der Waals surface area contributed by atoms with Crippen LogP contribution in [0.5, 0.6) is 0 Å². The zero-order valence-corrected chi connectivity index (χ0v) is 11.1. The molecule has 0 aliphatic heterocycles. The second kappa shape index (κ2) is 5.27. The third kappa shape index (κ3) is 4.14. The molecule has 1 amide bonds. The number of carbonyl (C=O) groups is 2. The molecule has 0 aliphatic rings. The van der Waals surface area contributed by atoms with Gasteiger partial charge >= 0.3 is 5.97 Å². The molecule has 92 valence electrons. The molecular weight excluding hydrogens is 288 g/mol. The van der Waals surface area contributed by atoms with E-state index in [-0.39, 0.29) is 12.3 Å². The summed E-state index contributed by atoms with van der Waals surface area (Å²) in [6.07, 6.45) is 1.33. The van der Waals surface area contributed by atoms with Crippen molar-refractivity contribution in [2.75, 3.05) is 5.32 Å². The molecule has 0 fully saturated rings. The Bertz CT molecular complexity index is 429. The van der Waals surface area contributed by atoms with Crippen LogP contribution in [0.2, 0.25) is 0 Å². The lowest BCUT2D eigenvalue weighted by atomic mass is 9.88. The minimum atomic E-state index is -1.01. The highest BCUT2D eigenvalue weighted by molar-refractivity contribution is 9.10. The topological polar surface area (TPSA) is 79.3 Å². The Labute approximate surface area is 107 Å². The van der Waals surface area contributed by atoms with Crippen molar-refractivity contribution >= 4 is 33.6 Å². The quantitative estimate of drug-likeness (QED) is 0.894. The van der Waals surface area contributed by atoms with Gasteiger partial charge in [0.15, 0.2) is 0 Å². The molecule has 0 aromatic carbocycles. The van der Waals surface area contributed by atoms with Gasteiger partial charge in [-0.25, -0.2) is 4.98 Å². The molecule has 0 atom stereocenters. The molecule has 2 N–H and O–H groups in total. The lowest BCUT2D eigenvalue weighted by Crippen LogP contribution is -2.33. The van der Waals surface area contributed by atoms with Crippen LogP contribution in [0, 0.1) is 5.41 Å². The van der Waals surface area contributed by atoms with E-state index in [9.17, 15) is 9.59 Å². The minimum absolute atomic E-state index is 0.227. The van der Waals surface area contributed by atoms with Crippen molar-refractivity contribution in [1.82, 2.24) is 4.98 Å². The number of nitrogens with one attached hydrogen (secondary N) is 1. The fourth-order valence-corrected chi connectivity index (χ4v) is 1.43. The van der Waals surface area contributed by atoms with Crippen LogP contribution in [0.15, 0.2) is 22.8 Å². The van der Waals surface area contributed by atoms with Crippen LogP contribution in [0.1, 0.15) is 20.3 Å². The number of pyridine rings is 1. The SMILES string of the molecule is CC(C)(CC(=O)O)C(=O)Nc1ccc(Br)cn1. The number of nitrogens with zero attached hydrogens (tertiary/aromatic N) is 1. The number of hydrogen-bond donors (Lipinski definition) is 2. The molecule has 0 saturated carbocycles. The number of carboxylic acids is 1. The second-order valence-electron chi connectivity index (χ2n) is 4.27. The Morgan fingerprint density at radius 3 is 2.59 bits per heavy atom. The van der Waals surface area contributed by atoms with Crippen LogP contribution in [-0.2, 0) is 9.59 Å². The van der Waals surface area contributed by atoms with Gasteiger partial charge in [-0.2, -0.15) is 0 Å². The first-order chi connectivity index (χ1) is 7.81. The van der Waals surface area contributed by atoms with E-state index in [0.29, 0.717) is 5.82 Å². The van der Waals surface area contributed by atoms with Crippen molar-refractivity contribution in [3.63, 3.8) is 0 Å². The summed E-state index contributed by atoms with van der Waals surface area (Å²) in [6.45, 7) is 3.16. The summed E-state index contributed by atoms with van der Waals surface area (Å²) in [5.41, 5.74) is -0.972. The number of carbonyl (C=O) groups excluding carboxylic acids is 1. The van der Waals surface area contributed by atoms with Crippen LogP contribution in [0.3, 0.4) is 0 Å². The molecular formula is C11H13BrN2O3. The maximum absolute atomic E-state index is 11.8. The molecule has 0 radical (unpaired) electrons. The summed E-state index contributed by atoms with van der Waals surface area (Å²) in [5.74, 6) is -0.972. The van der Waals surface area contributed by atoms with E-state index < -0.39 is 11.4 Å². The zero-order valence-electron chi connectivity index (χ0n) is 9.53. The summed E-state index contributed by atoms with van der Waals surface area (Å²) in [7, 11) is 0. The maximum atomic E-state index is 11.8. The normalized spacial score (nSPS) is 11.0. The minimum Gasteiger partial charge on any atom is -0.481 e. The average molecular weight is 301 g/mol. The second-order valence-corrected chi connectivity index (χ2v) is 5.19. The zero-order chi connectivity index (χ0) is 13.1. The first-order valence-corrected chi connectivity index (χ1v) is 5.75. The van der Waals surface area contributed by atoms with Crippen LogP contribution < -0.4 is 5.32 Å². The number of anilines is 1. The van der Waals surface area contributed by atoms with Crippen molar-refractivity contribution in [2.24, 2.45) is 5.41 Å². The Kier molecular flexibility index (Phi) is 4.22. The predicted octanol–water partition coefficient (Wildman–Crippen LogP) is 2.28. The summed E-state index contributed by atoms with van der Waals surface area (Å²) in [5, 5.41) is 11.3. The van der Waals surface area contributed by atoms with Gasteiger partial charge in [0, 0.05) is 10.7 Å². The molecule has 17 heavy (non-hydrogen) atoms. The Balaban J connectivity index is 2.71. The van der Waals surface area contributed by atoms with Crippen molar-refractivity contribution in [2.45, 2.75) is 20.3 Å². The monoisotopic (exact) mass is 300 g/mol. The van der Waals surface area contributed by atoms with E-state index >= 15 is 0 Å². The summed E-state index contributed by atoms with van der Waals surface area (Å²) >= 11 is 3.23. The van der Waals surface area contributed by atoms with Gasteiger partial charge < -0.3 is 10.4 Å². The van der Waals surface area contributed by atoms with Crippen LogP contribution in [0.25, 0.3) is 0 Å². The lowest BCUT2D eigenvalue weighted by Gasteiger charge is -2.20. The number of rotatable bonds is 4. The third-order valence-corrected chi connectivity index (χ3v) is 2.65. The molecule has 1 aromatic heterocycles. The third-order valence-electron chi connectivity index (χ3n) is 2.18. The molecule has 5 nitrogen and oxygen atoms in total. The molecule has 0 spiro atoms. The molecule has 1 aromatic rings. The van der Waals surface area contributed by atoms with Crippen LogP contribution >= 0.6 is 15.9 Å². The molecule has 1 rings (SSSR count). The van der Waals surface area contributed by atoms with Crippen molar-refractivity contribution in [1.29, 1.82) is 0 Å². The summed E-state index contributed by atoms with van der Waals surface area (Å²) in [6, 6.07) is 3.38. The average Bonchev–Trinajstić information content (AvgIpc) is 2.19. The van der Waals surface area contributed by atoms with E-state index in [2.05, 4.69) is 26.2 Å². The molecule has 0 saturated heterocycles. The fraction of sp³-hybridized carbons (Fsp3) is 0.364. The largest absolute Gasteiger partial charge is 0.481 e. The Morgan fingerprint density at radius 1 is 1.47 bits per heavy atom. The lowest BCUT2D eigenvalue weighted by molar-refractivity contribution is -0.142. The number of aromatic nitrogens is 1. The Hall–Kier alpha value is -1.43. The molecule has 1 heterocycles. The van der Waals surface area contributed by atoms with E-state index in [4.69, 9.17) is 5.11 Å². The Morgan fingerprint density at radius 2 is 2.12 bits per heavy atom. The maximum Gasteiger partial charge on any atom is 0.304 e. The van der Waals surface area contributed by atoms with E-state index in [1.54, 1.807) is 32.2 Å². The molecule has 6 heteroatoms. The smallest absolute Gasteiger partial charge is 0.304 e.